The van der Waals surface area contributed by atoms with Gasteiger partial charge < -0.3 is 9.55 Å². The first-order valence-corrected chi connectivity index (χ1v) is 8.23. The lowest BCUT2D eigenvalue weighted by molar-refractivity contribution is 0.0999. The van der Waals surface area contributed by atoms with Crippen LogP contribution in [0.4, 0.5) is 0 Å². The molecule has 0 aliphatic heterocycles. The molecule has 0 fully saturated rings. The molecule has 4 heterocycles. The lowest BCUT2D eigenvalue weighted by Crippen LogP contribution is -2.17. The van der Waals surface area contributed by atoms with Gasteiger partial charge in [-0.05, 0) is 29.8 Å². The molecule has 1 amide bonds. The van der Waals surface area contributed by atoms with Gasteiger partial charge in [0.1, 0.15) is 5.65 Å². The summed E-state index contributed by atoms with van der Waals surface area (Å²) in [4.78, 5) is 28.7. The predicted molar refractivity (Wildman–Crippen MR) is 91.6 cm³/mol. The molecule has 7 heteroatoms. The van der Waals surface area contributed by atoms with E-state index in [1.165, 1.54) is 11.3 Å². The fraction of sp³-hybridized carbons (Fsp3) is 0.0588. The van der Waals surface area contributed by atoms with Crippen molar-refractivity contribution in [3.63, 3.8) is 0 Å². The second-order valence-corrected chi connectivity index (χ2v) is 6.06. The van der Waals surface area contributed by atoms with Crippen LogP contribution in [0.1, 0.15) is 15.9 Å². The third-order valence-electron chi connectivity index (χ3n) is 3.64. The van der Waals surface area contributed by atoms with Gasteiger partial charge >= 0.3 is 0 Å². The average Bonchev–Trinajstić information content (AvgIpc) is 3.23. The van der Waals surface area contributed by atoms with Crippen LogP contribution in [0, 0.1) is 0 Å². The number of hydrogen-bond acceptors (Lipinski definition) is 4. The van der Waals surface area contributed by atoms with Crippen LogP contribution in [0.2, 0.25) is 0 Å². The summed E-state index contributed by atoms with van der Waals surface area (Å²) < 4.78 is 1.95. The summed E-state index contributed by atoms with van der Waals surface area (Å²) >= 11 is 1.43. The molecular formula is C17H13N5OS. The first-order chi connectivity index (χ1) is 11.8. The van der Waals surface area contributed by atoms with E-state index in [1.54, 1.807) is 24.8 Å². The van der Waals surface area contributed by atoms with Gasteiger partial charge in [0.25, 0.3) is 5.91 Å². The number of nitrogens with one attached hydrogen (secondary N) is 1. The van der Waals surface area contributed by atoms with Gasteiger partial charge in [0, 0.05) is 48.3 Å². The van der Waals surface area contributed by atoms with E-state index in [2.05, 4.69) is 19.9 Å². The minimum absolute atomic E-state index is 0.278. The number of carbonyl (C=O) groups is 1. The number of aromatic amines is 1. The minimum Gasteiger partial charge on any atom is -0.345 e. The lowest BCUT2D eigenvalue weighted by atomic mass is 10.2. The van der Waals surface area contributed by atoms with Crippen LogP contribution in [-0.4, -0.2) is 25.4 Å². The normalized spacial score (nSPS) is 11.9. The molecule has 0 atom stereocenters. The monoisotopic (exact) mass is 335 g/mol. The van der Waals surface area contributed by atoms with E-state index in [1.807, 2.05) is 40.4 Å². The number of pyridine rings is 2. The van der Waals surface area contributed by atoms with Gasteiger partial charge in [-0.2, -0.15) is 4.99 Å². The van der Waals surface area contributed by atoms with Crippen LogP contribution in [0.3, 0.4) is 0 Å². The smallest absolute Gasteiger partial charge is 0.281 e. The zero-order valence-corrected chi connectivity index (χ0v) is 13.4. The number of nitrogens with zero attached hydrogens (tertiary/aromatic N) is 4. The van der Waals surface area contributed by atoms with Crippen LogP contribution >= 0.6 is 11.3 Å². The minimum atomic E-state index is -0.278. The molecule has 4 aromatic rings. The van der Waals surface area contributed by atoms with Gasteiger partial charge in [-0.25, -0.2) is 4.98 Å². The molecule has 118 valence electrons. The summed E-state index contributed by atoms with van der Waals surface area (Å²) in [5, 5.41) is 2.70. The molecule has 0 unspecified atom stereocenters. The van der Waals surface area contributed by atoms with Crippen LogP contribution in [0.5, 0.6) is 0 Å². The first-order valence-electron chi connectivity index (χ1n) is 7.35. The Balaban J connectivity index is 1.69. The zero-order chi connectivity index (χ0) is 16.4. The van der Waals surface area contributed by atoms with E-state index < -0.39 is 0 Å². The molecule has 0 saturated heterocycles. The fourth-order valence-corrected chi connectivity index (χ4v) is 3.20. The quantitative estimate of drug-likeness (QED) is 0.625. The summed E-state index contributed by atoms with van der Waals surface area (Å²) in [6, 6.07) is 7.56. The second-order valence-electron chi connectivity index (χ2n) is 5.19. The van der Waals surface area contributed by atoms with E-state index in [9.17, 15) is 4.79 Å². The highest BCUT2D eigenvalue weighted by Gasteiger charge is 2.12. The lowest BCUT2D eigenvalue weighted by Gasteiger charge is -2.02. The first kappa shape index (κ1) is 14.5. The maximum atomic E-state index is 12.6. The Morgan fingerprint density at radius 2 is 2.12 bits per heavy atom. The highest BCUT2D eigenvalue weighted by molar-refractivity contribution is 7.07. The average molecular weight is 335 g/mol. The third-order valence-corrected chi connectivity index (χ3v) is 4.44. The number of carbonyl (C=O) groups excluding carboxylic acids is 1. The van der Waals surface area contributed by atoms with E-state index >= 15 is 0 Å². The van der Waals surface area contributed by atoms with Crippen LogP contribution in [-0.2, 0) is 6.54 Å². The Bertz CT molecular complexity index is 1060. The summed E-state index contributed by atoms with van der Waals surface area (Å²) in [6.45, 7) is 0.646. The van der Waals surface area contributed by atoms with E-state index in [4.69, 9.17) is 0 Å². The molecule has 0 spiro atoms. The summed E-state index contributed by atoms with van der Waals surface area (Å²) in [5.41, 5.74) is 2.32. The molecule has 24 heavy (non-hydrogen) atoms. The molecular weight excluding hydrogens is 322 g/mol. The second kappa shape index (κ2) is 6.21. The van der Waals surface area contributed by atoms with Crippen LogP contribution in [0.25, 0.3) is 11.0 Å². The van der Waals surface area contributed by atoms with Gasteiger partial charge in [-0.1, -0.05) is 0 Å². The SMILES string of the molecule is O=C(N=c1sccn1Cc1ccncc1)c1c[nH]c2ncccc12. The van der Waals surface area contributed by atoms with Crippen molar-refractivity contribution in [2.24, 2.45) is 4.99 Å². The number of amides is 1. The predicted octanol–water partition coefficient (Wildman–Crippen LogP) is 2.61. The van der Waals surface area contributed by atoms with Crippen molar-refractivity contribution in [1.29, 1.82) is 0 Å². The van der Waals surface area contributed by atoms with E-state index in [0.717, 1.165) is 10.9 Å². The number of fused-ring (bicyclic) bond motifs is 1. The highest BCUT2D eigenvalue weighted by Crippen LogP contribution is 2.16. The molecule has 0 aromatic carbocycles. The van der Waals surface area contributed by atoms with Crippen LogP contribution < -0.4 is 4.80 Å². The van der Waals surface area contributed by atoms with Gasteiger partial charge in [-0.15, -0.1) is 11.3 Å². The molecule has 0 aliphatic carbocycles. The fourth-order valence-electron chi connectivity index (χ4n) is 2.47. The summed E-state index contributed by atoms with van der Waals surface area (Å²) in [7, 11) is 0. The Hall–Kier alpha value is -3.06. The Kier molecular flexibility index (Phi) is 3.76. The van der Waals surface area contributed by atoms with Crippen molar-refractivity contribution in [2.75, 3.05) is 0 Å². The van der Waals surface area contributed by atoms with Crippen molar-refractivity contribution >= 4 is 28.3 Å². The molecule has 0 aliphatic rings. The van der Waals surface area contributed by atoms with Gasteiger partial charge in [0.05, 0.1) is 5.56 Å². The van der Waals surface area contributed by atoms with Crippen molar-refractivity contribution in [3.05, 3.63) is 76.6 Å². The van der Waals surface area contributed by atoms with Crippen molar-refractivity contribution in [2.45, 2.75) is 6.54 Å². The number of hydrogen-bond donors (Lipinski definition) is 1. The number of H-pyrrole nitrogens is 1. The number of aromatic nitrogens is 4. The third kappa shape index (κ3) is 2.77. The number of rotatable bonds is 3. The summed E-state index contributed by atoms with van der Waals surface area (Å²) in [6.07, 6.45) is 8.77. The highest BCUT2D eigenvalue weighted by atomic mass is 32.1. The van der Waals surface area contributed by atoms with Crippen molar-refractivity contribution < 1.29 is 4.79 Å². The van der Waals surface area contributed by atoms with Crippen molar-refractivity contribution in [1.82, 2.24) is 19.5 Å². The molecule has 4 rings (SSSR count). The zero-order valence-electron chi connectivity index (χ0n) is 12.6. The van der Waals surface area contributed by atoms with Gasteiger partial charge in [-0.3, -0.25) is 9.78 Å². The van der Waals surface area contributed by atoms with Gasteiger partial charge in [0.2, 0.25) is 0 Å². The molecule has 4 aromatic heterocycles. The largest absolute Gasteiger partial charge is 0.345 e. The summed E-state index contributed by atoms with van der Waals surface area (Å²) in [5.74, 6) is -0.278. The van der Waals surface area contributed by atoms with Gasteiger partial charge in [0.15, 0.2) is 4.80 Å². The standard InChI is InChI=1S/C17H13N5OS/c23-16(14-10-20-15-13(14)2-1-5-19-15)21-17-22(8-9-24-17)11-12-3-6-18-7-4-12/h1-10H,11H2,(H,19,20). The van der Waals surface area contributed by atoms with E-state index in [-0.39, 0.29) is 5.91 Å². The molecule has 6 nitrogen and oxygen atoms in total. The van der Waals surface area contributed by atoms with Crippen LogP contribution in [0.15, 0.2) is 65.6 Å². The van der Waals surface area contributed by atoms with Crippen molar-refractivity contribution in [3.8, 4) is 0 Å². The number of thiazole rings is 1. The Morgan fingerprint density at radius 3 is 3.00 bits per heavy atom. The molecule has 0 radical (unpaired) electrons. The topological polar surface area (TPSA) is 75.9 Å². The van der Waals surface area contributed by atoms with E-state index in [0.29, 0.717) is 22.6 Å². The molecule has 0 saturated carbocycles. The Morgan fingerprint density at radius 1 is 1.25 bits per heavy atom. The Labute approximate surface area is 141 Å². The molecule has 1 N–H and O–H groups in total. The molecule has 0 bridgehead atoms. The maximum absolute atomic E-state index is 12.6. The maximum Gasteiger partial charge on any atom is 0.281 e.